The molecule has 0 unspecified atom stereocenters. The highest BCUT2D eigenvalue weighted by Crippen LogP contribution is 2.31. The van der Waals surface area contributed by atoms with Crippen molar-refractivity contribution in [3.05, 3.63) is 85.9 Å². The second-order valence-electron chi connectivity index (χ2n) is 5.86. The van der Waals surface area contributed by atoms with Gasteiger partial charge in [-0.25, -0.2) is 4.99 Å². The van der Waals surface area contributed by atoms with Crippen LogP contribution in [0.2, 0.25) is 10.0 Å². The average Bonchev–Trinajstić information content (AvgIpc) is 3.26. The van der Waals surface area contributed by atoms with Gasteiger partial charge in [0.1, 0.15) is 0 Å². The molecule has 8 heteroatoms. The maximum atomic E-state index is 12.4. The van der Waals surface area contributed by atoms with Gasteiger partial charge in [0.15, 0.2) is 5.17 Å². The van der Waals surface area contributed by atoms with Crippen LogP contribution in [0.1, 0.15) is 5.69 Å². The molecule has 0 radical (unpaired) electrons. The van der Waals surface area contributed by atoms with Gasteiger partial charge in [-0.3, -0.25) is 4.79 Å². The van der Waals surface area contributed by atoms with Crippen molar-refractivity contribution in [2.45, 2.75) is 0 Å². The van der Waals surface area contributed by atoms with Gasteiger partial charge in [-0.2, -0.15) is 0 Å². The Balaban J connectivity index is 1.61. The van der Waals surface area contributed by atoms with Crippen LogP contribution in [0.4, 0.5) is 5.69 Å². The molecule has 0 saturated carbocycles. The summed E-state index contributed by atoms with van der Waals surface area (Å²) in [5.41, 5.74) is 2.53. The molecular weight excluding hydrogens is 481 g/mol. The van der Waals surface area contributed by atoms with E-state index in [1.54, 1.807) is 18.2 Å². The molecule has 1 fully saturated rings. The number of hydrogen-bond donors (Lipinski definition) is 1. The molecular formula is C20H12BrCl2N3OS. The molecule has 28 heavy (non-hydrogen) atoms. The van der Waals surface area contributed by atoms with E-state index in [0.717, 1.165) is 15.9 Å². The summed E-state index contributed by atoms with van der Waals surface area (Å²) in [6.45, 7) is 0. The smallest absolute Gasteiger partial charge is 0.264 e. The molecule has 4 rings (SSSR count). The number of carbonyl (C=O) groups excluding carboxylic acids is 1. The zero-order valence-electron chi connectivity index (χ0n) is 14.2. The predicted molar refractivity (Wildman–Crippen MR) is 121 cm³/mol. The van der Waals surface area contributed by atoms with Gasteiger partial charge in [0.25, 0.3) is 5.91 Å². The third kappa shape index (κ3) is 4.20. The van der Waals surface area contributed by atoms with Gasteiger partial charge < -0.3 is 9.88 Å². The van der Waals surface area contributed by atoms with E-state index in [4.69, 9.17) is 23.2 Å². The SMILES string of the molecule is O=C1NC(=Nc2ccc(Cl)c(Cl)c2)S/C1=C\c1cccn1-c1ccc(Br)cc1. The van der Waals surface area contributed by atoms with E-state index in [0.29, 0.717) is 25.8 Å². The summed E-state index contributed by atoms with van der Waals surface area (Å²) in [4.78, 5) is 17.4. The van der Waals surface area contributed by atoms with Gasteiger partial charge in [-0.1, -0.05) is 39.1 Å². The standard InChI is InChI=1S/C20H12BrCl2N3OS/c21-12-3-6-14(7-4-12)26-9-1-2-15(26)11-18-19(27)25-20(28-18)24-13-5-8-16(22)17(23)10-13/h1-11H,(H,24,25,27)/b18-11-. The topological polar surface area (TPSA) is 46.4 Å². The molecule has 0 aliphatic carbocycles. The number of amides is 1. The Kier molecular flexibility index (Phi) is 5.64. The maximum Gasteiger partial charge on any atom is 0.264 e. The van der Waals surface area contributed by atoms with Crippen molar-refractivity contribution in [1.29, 1.82) is 0 Å². The fourth-order valence-electron chi connectivity index (χ4n) is 2.64. The minimum Gasteiger partial charge on any atom is -0.317 e. The van der Waals surface area contributed by atoms with Crippen LogP contribution in [0.5, 0.6) is 0 Å². The zero-order valence-corrected chi connectivity index (χ0v) is 18.1. The zero-order chi connectivity index (χ0) is 19.7. The molecule has 4 nitrogen and oxygen atoms in total. The van der Waals surface area contributed by atoms with Crippen LogP contribution in [0, 0.1) is 0 Å². The van der Waals surface area contributed by atoms with Crippen LogP contribution in [0.25, 0.3) is 11.8 Å². The van der Waals surface area contributed by atoms with Gasteiger partial charge >= 0.3 is 0 Å². The van der Waals surface area contributed by atoms with Gasteiger partial charge in [0.05, 0.1) is 20.6 Å². The van der Waals surface area contributed by atoms with E-state index in [9.17, 15) is 4.79 Å². The number of thioether (sulfide) groups is 1. The molecule has 3 aromatic rings. The quantitative estimate of drug-likeness (QED) is 0.427. The highest BCUT2D eigenvalue weighted by Gasteiger charge is 2.24. The van der Waals surface area contributed by atoms with Crippen LogP contribution >= 0.6 is 50.9 Å². The Bertz CT molecular complexity index is 1120. The normalized spacial score (nSPS) is 16.8. The molecule has 2 heterocycles. The molecule has 0 spiro atoms. The van der Waals surface area contributed by atoms with E-state index >= 15 is 0 Å². The molecule has 1 aliphatic heterocycles. The monoisotopic (exact) mass is 491 g/mol. The summed E-state index contributed by atoms with van der Waals surface area (Å²) in [6, 6.07) is 16.9. The highest BCUT2D eigenvalue weighted by atomic mass is 79.9. The summed E-state index contributed by atoms with van der Waals surface area (Å²) in [5, 5.41) is 4.16. The lowest BCUT2D eigenvalue weighted by Gasteiger charge is -2.07. The second kappa shape index (κ2) is 8.17. The van der Waals surface area contributed by atoms with Crippen LogP contribution < -0.4 is 5.32 Å². The fraction of sp³-hybridized carbons (Fsp3) is 0. The summed E-state index contributed by atoms with van der Waals surface area (Å²) in [6.07, 6.45) is 3.80. The second-order valence-corrected chi connectivity index (χ2v) is 8.62. The molecule has 1 aromatic heterocycles. The Morgan fingerprint density at radius 2 is 1.86 bits per heavy atom. The number of aliphatic imine (C=N–C) groups is 1. The highest BCUT2D eigenvalue weighted by molar-refractivity contribution is 9.10. The number of nitrogens with zero attached hydrogens (tertiary/aromatic N) is 2. The first kappa shape index (κ1) is 19.3. The van der Waals surface area contributed by atoms with E-state index < -0.39 is 0 Å². The number of carbonyl (C=O) groups is 1. The molecule has 0 bridgehead atoms. The van der Waals surface area contributed by atoms with Gasteiger partial charge in [0.2, 0.25) is 0 Å². The van der Waals surface area contributed by atoms with Crippen LogP contribution in [-0.2, 0) is 4.79 Å². The van der Waals surface area contributed by atoms with E-state index in [-0.39, 0.29) is 5.91 Å². The van der Waals surface area contributed by atoms with E-state index in [2.05, 4.69) is 26.2 Å². The number of amidine groups is 1. The first-order chi connectivity index (χ1) is 13.5. The Labute approximate surface area is 184 Å². The largest absolute Gasteiger partial charge is 0.317 e. The van der Waals surface area contributed by atoms with Crippen molar-refractivity contribution in [1.82, 2.24) is 9.88 Å². The van der Waals surface area contributed by atoms with Crippen molar-refractivity contribution in [3.8, 4) is 5.69 Å². The molecule has 0 atom stereocenters. The molecule has 140 valence electrons. The van der Waals surface area contributed by atoms with Crippen molar-refractivity contribution >= 4 is 73.7 Å². The van der Waals surface area contributed by atoms with Crippen LogP contribution in [-0.4, -0.2) is 15.6 Å². The Hall–Kier alpha value is -1.99. The summed E-state index contributed by atoms with van der Waals surface area (Å²) in [7, 11) is 0. The molecule has 1 aliphatic rings. The number of nitrogens with one attached hydrogen (secondary N) is 1. The van der Waals surface area contributed by atoms with Crippen molar-refractivity contribution < 1.29 is 4.79 Å². The predicted octanol–water partition coefficient (Wildman–Crippen LogP) is 6.44. The molecule has 1 N–H and O–H groups in total. The number of hydrogen-bond acceptors (Lipinski definition) is 3. The molecule has 1 saturated heterocycles. The van der Waals surface area contributed by atoms with Crippen molar-refractivity contribution in [2.75, 3.05) is 0 Å². The van der Waals surface area contributed by atoms with Crippen LogP contribution in [0.15, 0.2) is 75.2 Å². The molecule has 1 amide bonds. The van der Waals surface area contributed by atoms with Crippen LogP contribution in [0.3, 0.4) is 0 Å². The average molecular weight is 493 g/mol. The summed E-state index contributed by atoms with van der Waals surface area (Å²) >= 11 is 16.7. The lowest BCUT2D eigenvalue weighted by Crippen LogP contribution is -2.19. The first-order valence-electron chi connectivity index (χ1n) is 8.17. The number of rotatable bonds is 3. The summed E-state index contributed by atoms with van der Waals surface area (Å²) < 4.78 is 3.03. The Morgan fingerprint density at radius 1 is 1.07 bits per heavy atom. The van der Waals surface area contributed by atoms with Crippen molar-refractivity contribution in [2.24, 2.45) is 4.99 Å². The lowest BCUT2D eigenvalue weighted by molar-refractivity contribution is -0.115. The van der Waals surface area contributed by atoms with Crippen molar-refractivity contribution in [3.63, 3.8) is 0 Å². The third-order valence-electron chi connectivity index (χ3n) is 3.95. The number of halogens is 3. The van der Waals surface area contributed by atoms with Gasteiger partial charge in [0, 0.05) is 22.1 Å². The third-order valence-corrected chi connectivity index (χ3v) is 6.13. The van der Waals surface area contributed by atoms with E-state index in [1.165, 1.54) is 11.8 Å². The van der Waals surface area contributed by atoms with Gasteiger partial charge in [-0.15, -0.1) is 0 Å². The number of benzene rings is 2. The fourth-order valence-corrected chi connectivity index (χ4v) is 4.02. The first-order valence-corrected chi connectivity index (χ1v) is 10.5. The number of aromatic nitrogens is 1. The maximum absolute atomic E-state index is 12.4. The lowest BCUT2D eigenvalue weighted by atomic mass is 10.3. The minimum atomic E-state index is -0.188. The van der Waals surface area contributed by atoms with E-state index in [1.807, 2.05) is 53.2 Å². The minimum absolute atomic E-state index is 0.188. The molecule has 2 aromatic carbocycles. The summed E-state index contributed by atoms with van der Waals surface area (Å²) in [5.74, 6) is -0.188. The Morgan fingerprint density at radius 3 is 2.61 bits per heavy atom. The van der Waals surface area contributed by atoms with Gasteiger partial charge in [-0.05, 0) is 72.4 Å².